The van der Waals surface area contributed by atoms with E-state index >= 15 is 0 Å². The molecule has 2 rings (SSSR count). The van der Waals surface area contributed by atoms with Crippen LogP contribution in [-0.2, 0) is 16.1 Å². The van der Waals surface area contributed by atoms with Gasteiger partial charge in [0.2, 0.25) is 11.8 Å². The van der Waals surface area contributed by atoms with E-state index in [-0.39, 0.29) is 18.4 Å². The standard InChI is InChI=1S/C19H22N2O4/c1-14(22)21(17-11-16(24-2)9-10-18(17)25-3)13-19(23)20-12-15-7-5-4-6-8-15/h4-11H,12-13H2,1-3H3,(H,20,23). The first-order valence-electron chi connectivity index (χ1n) is 7.86. The largest absolute Gasteiger partial charge is 0.497 e. The summed E-state index contributed by atoms with van der Waals surface area (Å²) in [7, 11) is 3.05. The molecule has 0 heterocycles. The number of nitrogens with zero attached hydrogens (tertiary/aromatic N) is 1. The number of benzene rings is 2. The number of anilines is 1. The third-order valence-corrected chi connectivity index (χ3v) is 3.69. The van der Waals surface area contributed by atoms with Crippen molar-refractivity contribution in [1.29, 1.82) is 0 Å². The summed E-state index contributed by atoms with van der Waals surface area (Å²) in [6.45, 7) is 1.70. The van der Waals surface area contributed by atoms with Gasteiger partial charge in [-0.1, -0.05) is 30.3 Å². The predicted molar refractivity (Wildman–Crippen MR) is 95.9 cm³/mol. The minimum absolute atomic E-state index is 0.105. The highest BCUT2D eigenvalue weighted by molar-refractivity contribution is 5.98. The molecule has 2 amide bonds. The van der Waals surface area contributed by atoms with E-state index in [2.05, 4.69) is 5.32 Å². The SMILES string of the molecule is COc1ccc(OC)c(N(CC(=O)NCc2ccccc2)C(C)=O)c1. The fourth-order valence-corrected chi connectivity index (χ4v) is 2.37. The molecule has 132 valence electrons. The first kappa shape index (κ1) is 18.3. The average Bonchev–Trinajstić information content (AvgIpc) is 2.64. The van der Waals surface area contributed by atoms with Gasteiger partial charge in [0.1, 0.15) is 18.0 Å². The monoisotopic (exact) mass is 342 g/mol. The van der Waals surface area contributed by atoms with Crippen molar-refractivity contribution in [2.45, 2.75) is 13.5 Å². The topological polar surface area (TPSA) is 67.9 Å². The molecule has 0 aliphatic rings. The molecule has 6 heteroatoms. The first-order chi connectivity index (χ1) is 12.0. The Balaban J connectivity index is 2.13. The molecule has 0 atom stereocenters. The van der Waals surface area contributed by atoms with Crippen LogP contribution in [-0.4, -0.2) is 32.6 Å². The molecule has 0 saturated carbocycles. The van der Waals surface area contributed by atoms with Crippen molar-refractivity contribution in [2.75, 3.05) is 25.7 Å². The summed E-state index contributed by atoms with van der Waals surface area (Å²) < 4.78 is 10.5. The third kappa shape index (κ3) is 4.97. The highest BCUT2D eigenvalue weighted by atomic mass is 16.5. The van der Waals surface area contributed by atoms with Crippen LogP contribution in [0.25, 0.3) is 0 Å². The van der Waals surface area contributed by atoms with Crippen molar-refractivity contribution in [3.05, 3.63) is 54.1 Å². The molecule has 1 N–H and O–H groups in total. The van der Waals surface area contributed by atoms with Gasteiger partial charge in [-0.05, 0) is 17.7 Å². The molecule has 0 fully saturated rings. The zero-order valence-corrected chi connectivity index (χ0v) is 14.6. The van der Waals surface area contributed by atoms with Crippen LogP contribution >= 0.6 is 0 Å². The van der Waals surface area contributed by atoms with Crippen LogP contribution in [0.1, 0.15) is 12.5 Å². The summed E-state index contributed by atoms with van der Waals surface area (Å²) in [6, 6.07) is 14.7. The van der Waals surface area contributed by atoms with Gasteiger partial charge in [-0.2, -0.15) is 0 Å². The van der Waals surface area contributed by atoms with Crippen molar-refractivity contribution >= 4 is 17.5 Å². The van der Waals surface area contributed by atoms with Crippen LogP contribution in [0.5, 0.6) is 11.5 Å². The van der Waals surface area contributed by atoms with E-state index in [1.165, 1.54) is 26.0 Å². The molecule has 2 aromatic rings. The van der Waals surface area contributed by atoms with Crippen LogP contribution in [0.2, 0.25) is 0 Å². The summed E-state index contributed by atoms with van der Waals surface area (Å²) in [5, 5.41) is 2.82. The second kappa shape index (κ2) is 8.73. The lowest BCUT2D eigenvalue weighted by Crippen LogP contribution is -2.39. The molecule has 25 heavy (non-hydrogen) atoms. The molecular formula is C19H22N2O4. The Morgan fingerprint density at radius 2 is 1.76 bits per heavy atom. The zero-order valence-electron chi connectivity index (χ0n) is 14.6. The fraction of sp³-hybridized carbons (Fsp3) is 0.263. The summed E-state index contributed by atoms with van der Waals surface area (Å²) in [4.78, 5) is 25.7. The van der Waals surface area contributed by atoms with Crippen LogP contribution in [0, 0.1) is 0 Å². The first-order valence-corrected chi connectivity index (χ1v) is 7.86. The zero-order chi connectivity index (χ0) is 18.2. The fourth-order valence-electron chi connectivity index (χ4n) is 2.37. The van der Waals surface area contributed by atoms with Gasteiger partial charge in [0.25, 0.3) is 0 Å². The summed E-state index contributed by atoms with van der Waals surface area (Å²) in [5.41, 5.74) is 1.48. The van der Waals surface area contributed by atoms with Gasteiger partial charge in [0.05, 0.1) is 19.9 Å². The highest BCUT2D eigenvalue weighted by Gasteiger charge is 2.20. The molecule has 0 bridgehead atoms. The Kier molecular flexibility index (Phi) is 6.39. The van der Waals surface area contributed by atoms with Gasteiger partial charge in [-0.15, -0.1) is 0 Å². The minimum atomic E-state index is -0.263. The second-order valence-electron chi connectivity index (χ2n) is 5.41. The van der Waals surface area contributed by atoms with Gasteiger partial charge >= 0.3 is 0 Å². The number of hydrogen-bond acceptors (Lipinski definition) is 4. The Morgan fingerprint density at radius 3 is 2.36 bits per heavy atom. The number of rotatable bonds is 7. The van der Waals surface area contributed by atoms with E-state index < -0.39 is 0 Å². The number of nitrogens with one attached hydrogen (secondary N) is 1. The molecule has 6 nitrogen and oxygen atoms in total. The van der Waals surface area contributed by atoms with Crippen molar-refractivity contribution in [3.63, 3.8) is 0 Å². The van der Waals surface area contributed by atoms with Gasteiger partial charge in [-0.3, -0.25) is 14.5 Å². The second-order valence-corrected chi connectivity index (χ2v) is 5.41. The summed E-state index contributed by atoms with van der Waals surface area (Å²) in [6.07, 6.45) is 0. The quantitative estimate of drug-likeness (QED) is 0.839. The van der Waals surface area contributed by atoms with Crippen molar-refractivity contribution in [3.8, 4) is 11.5 Å². The van der Waals surface area contributed by atoms with Gasteiger partial charge in [-0.25, -0.2) is 0 Å². The van der Waals surface area contributed by atoms with Crippen molar-refractivity contribution < 1.29 is 19.1 Å². The molecule has 2 aromatic carbocycles. The molecule has 0 unspecified atom stereocenters. The number of carbonyl (C=O) groups excluding carboxylic acids is 2. The van der Waals surface area contributed by atoms with Crippen LogP contribution in [0.15, 0.2) is 48.5 Å². The van der Waals surface area contributed by atoms with E-state index in [0.29, 0.717) is 23.7 Å². The number of amides is 2. The van der Waals surface area contributed by atoms with E-state index in [9.17, 15) is 9.59 Å². The number of methoxy groups -OCH3 is 2. The smallest absolute Gasteiger partial charge is 0.240 e. The van der Waals surface area contributed by atoms with Crippen LogP contribution in [0.3, 0.4) is 0 Å². The number of carbonyl (C=O) groups is 2. The molecule has 0 saturated heterocycles. The normalized spacial score (nSPS) is 10.0. The van der Waals surface area contributed by atoms with E-state index in [4.69, 9.17) is 9.47 Å². The maximum absolute atomic E-state index is 12.3. The highest BCUT2D eigenvalue weighted by Crippen LogP contribution is 2.32. The lowest BCUT2D eigenvalue weighted by atomic mass is 10.2. The number of ether oxygens (including phenoxy) is 2. The molecule has 0 aliphatic carbocycles. The van der Waals surface area contributed by atoms with E-state index in [0.717, 1.165) is 5.56 Å². The van der Waals surface area contributed by atoms with Crippen LogP contribution in [0.4, 0.5) is 5.69 Å². The minimum Gasteiger partial charge on any atom is -0.497 e. The van der Waals surface area contributed by atoms with Crippen molar-refractivity contribution in [2.24, 2.45) is 0 Å². The van der Waals surface area contributed by atoms with Gasteiger partial charge in [0, 0.05) is 19.5 Å². The van der Waals surface area contributed by atoms with Crippen molar-refractivity contribution in [1.82, 2.24) is 5.32 Å². The Labute approximate surface area is 147 Å². The van der Waals surface area contributed by atoms with Crippen LogP contribution < -0.4 is 19.7 Å². The molecule has 0 aromatic heterocycles. The summed E-state index contributed by atoms with van der Waals surface area (Å²) >= 11 is 0. The third-order valence-electron chi connectivity index (χ3n) is 3.69. The lowest BCUT2D eigenvalue weighted by molar-refractivity contribution is -0.123. The van der Waals surface area contributed by atoms with Gasteiger partial charge < -0.3 is 14.8 Å². The average molecular weight is 342 g/mol. The Hall–Kier alpha value is -3.02. The maximum atomic E-state index is 12.3. The maximum Gasteiger partial charge on any atom is 0.240 e. The van der Waals surface area contributed by atoms with Gasteiger partial charge in [0.15, 0.2) is 0 Å². The van der Waals surface area contributed by atoms with E-state index in [1.54, 1.807) is 18.2 Å². The molecule has 0 aliphatic heterocycles. The molecule has 0 radical (unpaired) electrons. The van der Waals surface area contributed by atoms with E-state index in [1.807, 2.05) is 30.3 Å². The number of hydrogen-bond donors (Lipinski definition) is 1. The summed E-state index contributed by atoms with van der Waals surface area (Å²) in [5.74, 6) is 0.545. The predicted octanol–water partition coefficient (Wildman–Crippen LogP) is 2.37. The molecular weight excluding hydrogens is 320 g/mol. The lowest BCUT2D eigenvalue weighted by Gasteiger charge is -2.23. The Bertz CT molecular complexity index is 731. The Morgan fingerprint density at radius 1 is 1.04 bits per heavy atom. The molecule has 0 spiro atoms.